The summed E-state index contributed by atoms with van der Waals surface area (Å²) < 4.78 is 75.7. The molecule has 3 aromatic rings. The number of carbonyl (C=O) groups excluding carboxylic acids is 1. The van der Waals surface area contributed by atoms with Gasteiger partial charge in [-0.2, -0.15) is 8.78 Å². The van der Waals surface area contributed by atoms with Gasteiger partial charge in [-0.1, -0.05) is 12.1 Å². The summed E-state index contributed by atoms with van der Waals surface area (Å²) in [6.45, 7) is 3.85. The van der Waals surface area contributed by atoms with Gasteiger partial charge < -0.3 is 14.1 Å². The first kappa shape index (κ1) is 27.4. The zero-order valence-electron chi connectivity index (χ0n) is 19.6. The van der Waals surface area contributed by atoms with Crippen molar-refractivity contribution in [3.05, 3.63) is 65.6 Å². The van der Waals surface area contributed by atoms with Gasteiger partial charge in [-0.05, 0) is 44.3 Å². The van der Waals surface area contributed by atoms with Gasteiger partial charge in [0.15, 0.2) is 11.2 Å². The number of benzene rings is 2. The monoisotopic (exact) mass is 527 g/mol. The first-order valence-corrected chi connectivity index (χ1v) is 12.0. The maximum Gasteiger partial charge on any atom is 0.314 e. The van der Waals surface area contributed by atoms with Crippen molar-refractivity contribution in [2.45, 2.75) is 19.9 Å². The highest BCUT2D eigenvalue weighted by Gasteiger charge is 2.26. The molecule has 8 nitrogen and oxygen atoms in total. The van der Waals surface area contributed by atoms with Crippen LogP contribution in [0.4, 0.5) is 23.2 Å². The highest BCUT2D eigenvalue weighted by molar-refractivity contribution is 7.84. The molecule has 13 heteroatoms. The molecule has 36 heavy (non-hydrogen) atoms. The first-order valence-electron chi connectivity index (χ1n) is 10.9. The minimum Gasteiger partial charge on any atom is -0.415 e. The molecule has 0 radical (unpaired) electrons. The molecule has 1 fully saturated rings. The Kier molecular flexibility index (Phi) is 9.67. The molecule has 0 N–H and O–H groups in total. The predicted molar refractivity (Wildman–Crippen MR) is 126 cm³/mol. The van der Waals surface area contributed by atoms with E-state index in [1.54, 1.807) is 10.4 Å². The molecule has 1 aromatic heterocycles. The fraction of sp³-hybridized carbons (Fsp3) is 0.348. The average molecular weight is 528 g/mol. The normalized spacial score (nSPS) is 15.3. The minimum absolute atomic E-state index is 0.110. The van der Waals surface area contributed by atoms with Gasteiger partial charge in [0.05, 0.1) is 12.2 Å². The second-order valence-corrected chi connectivity index (χ2v) is 9.19. The summed E-state index contributed by atoms with van der Waals surface area (Å²) in [6, 6.07) is 9.56. The molecule has 1 saturated heterocycles. The van der Waals surface area contributed by atoms with Crippen molar-refractivity contribution >= 4 is 23.1 Å². The molecule has 1 unspecified atom stereocenters. The van der Waals surface area contributed by atoms with Crippen LogP contribution in [0.5, 0.6) is 0 Å². The lowest BCUT2D eigenvalue weighted by Crippen LogP contribution is -2.49. The van der Waals surface area contributed by atoms with Crippen molar-refractivity contribution in [3.63, 3.8) is 0 Å². The van der Waals surface area contributed by atoms with Gasteiger partial charge in [0, 0.05) is 37.3 Å². The maximum atomic E-state index is 15.0. The lowest BCUT2D eigenvalue weighted by atomic mass is 10.1. The third kappa shape index (κ3) is 6.95. The number of carbonyl (C=O) groups is 1. The average Bonchev–Trinajstić information content (AvgIpc) is 3.35. The van der Waals surface area contributed by atoms with Gasteiger partial charge in [0.2, 0.25) is 5.89 Å². The van der Waals surface area contributed by atoms with E-state index >= 15 is 0 Å². The van der Waals surface area contributed by atoms with Crippen molar-refractivity contribution < 1.29 is 31.0 Å². The Morgan fingerprint density at radius 2 is 1.81 bits per heavy atom. The number of aldehydes is 1. The number of alkyl halides is 2. The van der Waals surface area contributed by atoms with Crippen LogP contribution in [0, 0.1) is 11.6 Å². The molecule has 1 aliphatic rings. The van der Waals surface area contributed by atoms with Gasteiger partial charge in [-0.25, -0.2) is 17.3 Å². The number of hydrogen-bond donors (Lipinski definition) is 0. The molecule has 194 valence electrons. The predicted octanol–water partition coefficient (Wildman–Crippen LogP) is 3.99. The Hall–Kier alpha value is -3.16. The topological polar surface area (TPSA) is 82.8 Å². The minimum atomic E-state index is -2.93. The SMILES string of the molecule is CC=O.CN1CCN(S(=O)N(Cc2ccc(-c3nnc(C(F)F)o3)cc2F)c2cccc(F)c2)CC1. The van der Waals surface area contributed by atoms with E-state index in [0.29, 0.717) is 18.8 Å². The summed E-state index contributed by atoms with van der Waals surface area (Å²) in [6.07, 6.45) is -2.18. The Balaban J connectivity index is 0.00000115. The quantitative estimate of drug-likeness (QED) is 0.341. The highest BCUT2D eigenvalue weighted by Crippen LogP contribution is 2.27. The summed E-state index contributed by atoms with van der Waals surface area (Å²) in [4.78, 5) is 10.9. The van der Waals surface area contributed by atoms with Crippen LogP contribution in [0.1, 0.15) is 24.8 Å². The molecule has 2 aromatic carbocycles. The van der Waals surface area contributed by atoms with Gasteiger partial charge >= 0.3 is 6.43 Å². The zero-order chi connectivity index (χ0) is 26.2. The third-order valence-corrected chi connectivity index (χ3v) is 6.73. The zero-order valence-corrected chi connectivity index (χ0v) is 20.4. The molecule has 0 bridgehead atoms. The van der Waals surface area contributed by atoms with Crippen molar-refractivity contribution in [2.24, 2.45) is 0 Å². The second-order valence-electron chi connectivity index (χ2n) is 7.77. The van der Waals surface area contributed by atoms with Crippen molar-refractivity contribution in [3.8, 4) is 11.5 Å². The Morgan fingerprint density at radius 3 is 2.39 bits per heavy atom. The number of rotatable bonds is 7. The van der Waals surface area contributed by atoms with Crippen LogP contribution in [-0.4, -0.2) is 63.1 Å². The molecule has 1 aliphatic heterocycles. The first-order chi connectivity index (χ1) is 17.2. The summed E-state index contributed by atoms with van der Waals surface area (Å²) in [5.41, 5.74) is 0.654. The van der Waals surface area contributed by atoms with Crippen LogP contribution in [0.2, 0.25) is 0 Å². The number of aromatic nitrogens is 2. The number of likely N-dealkylation sites (N-methyl/N-ethyl adjacent to an activating group) is 1. The number of anilines is 1. The van der Waals surface area contributed by atoms with Gasteiger partial charge in [-0.3, -0.25) is 4.31 Å². The van der Waals surface area contributed by atoms with E-state index in [0.717, 1.165) is 25.4 Å². The largest absolute Gasteiger partial charge is 0.415 e. The summed E-state index contributed by atoms with van der Waals surface area (Å²) in [7, 11) is 1.97. The van der Waals surface area contributed by atoms with Gasteiger partial charge in [0.1, 0.15) is 17.9 Å². The summed E-state index contributed by atoms with van der Waals surface area (Å²) in [5.74, 6) is -2.27. The Morgan fingerprint density at radius 1 is 1.11 bits per heavy atom. The highest BCUT2D eigenvalue weighted by atomic mass is 32.2. The molecule has 1 atom stereocenters. The van der Waals surface area contributed by atoms with Crippen LogP contribution in [0.25, 0.3) is 11.5 Å². The van der Waals surface area contributed by atoms with E-state index in [2.05, 4.69) is 15.1 Å². The van der Waals surface area contributed by atoms with Gasteiger partial charge in [0.25, 0.3) is 5.89 Å². The smallest absolute Gasteiger partial charge is 0.314 e. The Bertz CT molecular complexity index is 1190. The van der Waals surface area contributed by atoms with Crippen LogP contribution >= 0.6 is 0 Å². The fourth-order valence-electron chi connectivity index (χ4n) is 3.35. The van der Waals surface area contributed by atoms with E-state index in [-0.39, 0.29) is 23.6 Å². The fourth-order valence-corrected chi connectivity index (χ4v) is 4.65. The number of piperazine rings is 1. The van der Waals surface area contributed by atoms with Crippen LogP contribution in [0.3, 0.4) is 0 Å². The number of halogens is 4. The van der Waals surface area contributed by atoms with Gasteiger partial charge in [-0.15, -0.1) is 10.2 Å². The lowest BCUT2D eigenvalue weighted by molar-refractivity contribution is -0.106. The molecule has 4 rings (SSSR count). The van der Waals surface area contributed by atoms with Crippen molar-refractivity contribution in [1.29, 1.82) is 0 Å². The van der Waals surface area contributed by atoms with Crippen molar-refractivity contribution in [2.75, 3.05) is 37.5 Å². The van der Waals surface area contributed by atoms with Crippen LogP contribution in [0.15, 0.2) is 46.9 Å². The summed E-state index contributed by atoms with van der Waals surface area (Å²) >= 11 is -1.69. The summed E-state index contributed by atoms with van der Waals surface area (Å²) in [5, 5.41) is 6.76. The maximum absolute atomic E-state index is 15.0. The van der Waals surface area contributed by atoms with Crippen LogP contribution < -0.4 is 4.31 Å². The lowest BCUT2D eigenvalue weighted by Gasteiger charge is -2.35. The van der Waals surface area contributed by atoms with E-state index in [9.17, 15) is 21.8 Å². The van der Waals surface area contributed by atoms with E-state index in [1.807, 2.05) is 7.05 Å². The Labute approximate surface area is 208 Å². The molecule has 2 heterocycles. The standard InChI is InChI=1S/C21H21F4N5O2S.C2H4O/c1-28-7-9-29(10-8-28)33(31)30(17-4-2-3-16(22)12-17)13-15-6-5-14(11-18(15)23)20-26-27-21(32-20)19(24)25;1-2-3/h2-6,11-12,19H,7-10,13H2,1H3;2H,1H3. The van der Waals surface area contributed by atoms with Crippen LogP contribution in [-0.2, 0) is 22.5 Å². The number of hydrogen-bond acceptors (Lipinski definition) is 6. The van der Waals surface area contributed by atoms with E-state index in [1.165, 1.54) is 41.6 Å². The van der Waals surface area contributed by atoms with E-state index in [4.69, 9.17) is 9.21 Å². The number of nitrogens with zero attached hydrogens (tertiary/aromatic N) is 5. The van der Waals surface area contributed by atoms with Crippen molar-refractivity contribution in [1.82, 2.24) is 19.4 Å². The molecular weight excluding hydrogens is 502 g/mol. The third-order valence-electron chi connectivity index (χ3n) is 5.21. The van der Waals surface area contributed by atoms with E-state index < -0.39 is 35.1 Å². The molecule has 0 aliphatic carbocycles. The second kappa shape index (κ2) is 12.7. The molecule has 0 saturated carbocycles. The molecule has 0 amide bonds. The molecular formula is C23H25F4N5O3S. The molecule has 0 spiro atoms.